The minimum atomic E-state index is -0.282. The molecular weight excluding hydrogens is 280 g/mol. The molecule has 0 radical (unpaired) electrons. The maximum atomic E-state index is 12.3. The molecule has 0 unspecified atom stereocenters. The van der Waals surface area contributed by atoms with Gasteiger partial charge in [0.25, 0.3) is 0 Å². The van der Waals surface area contributed by atoms with Crippen molar-refractivity contribution in [1.82, 2.24) is 20.2 Å². The Morgan fingerprint density at radius 1 is 1.55 bits per heavy atom. The van der Waals surface area contributed by atoms with E-state index in [0.717, 1.165) is 23.4 Å². The van der Waals surface area contributed by atoms with Gasteiger partial charge in [-0.05, 0) is 26.0 Å². The molecule has 2 heterocycles. The topological polar surface area (TPSA) is 68.2 Å². The molecule has 1 fully saturated rings. The van der Waals surface area contributed by atoms with Crippen molar-refractivity contribution >= 4 is 16.9 Å². The first-order valence-electron chi connectivity index (χ1n) is 7.77. The molecule has 0 saturated carbocycles. The van der Waals surface area contributed by atoms with Gasteiger partial charge >= 0.3 is 0 Å². The van der Waals surface area contributed by atoms with Crippen LogP contribution in [0.15, 0.2) is 24.3 Å². The predicted molar refractivity (Wildman–Crippen MR) is 84.6 cm³/mol. The first kappa shape index (κ1) is 15.0. The number of carbonyl (C=O) groups is 1. The highest BCUT2D eigenvalue weighted by Crippen LogP contribution is 2.20. The smallest absolute Gasteiger partial charge is 0.240 e. The molecule has 1 amide bonds. The Hall–Kier alpha value is -1.92. The van der Waals surface area contributed by atoms with Gasteiger partial charge in [0.1, 0.15) is 11.9 Å². The summed E-state index contributed by atoms with van der Waals surface area (Å²) in [5.41, 5.74) is 2.06. The minimum absolute atomic E-state index is 0.0399. The molecule has 0 aliphatic carbocycles. The van der Waals surface area contributed by atoms with Gasteiger partial charge in [-0.15, -0.1) is 0 Å². The SMILES string of the molecule is CCn1c([C@@H](C)NC(=O)[C@H]2COCCN2)nc2ccccc21. The molecule has 3 rings (SSSR count). The van der Waals surface area contributed by atoms with Crippen molar-refractivity contribution < 1.29 is 9.53 Å². The summed E-state index contributed by atoms with van der Waals surface area (Å²) in [4.78, 5) is 17.0. The number of hydrogen-bond acceptors (Lipinski definition) is 4. The number of fused-ring (bicyclic) bond motifs is 1. The lowest BCUT2D eigenvalue weighted by atomic mass is 10.2. The quantitative estimate of drug-likeness (QED) is 0.891. The highest BCUT2D eigenvalue weighted by atomic mass is 16.5. The van der Waals surface area contributed by atoms with Crippen molar-refractivity contribution in [3.05, 3.63) is 30.1 Å². The number of imidazole rings is 1. The lowest BCUT2D eigenvalue weighted by Gasteiger charge is -2.24. The summed E-state index contributed by atoms with van der Waals surface area (Å²) in [5.74, 6) is 0.843. The van der Waals surface area contributed by atoms with Crippen molar-refractivity contribution in [2.75, 3.05) is 19.8 Å². The average molecular weight is 302 g/mol. The van der Waals surface area contributed by atoms with Gasteiger partial charge in [0, 0.05) is 13.1 Å². The van der Waals surface area contributed by atoms with Crippen LogP contribution in [-0.4, -0.2) is 41.3 Å². The molecule has 2 N–H and O–H groups in total. The van der Waals surface area contributed by atoms with E-state index >= 15 is 0 Å². The Balaban J connectivity index is 1.79. The fourth-order valence-electron chi connectivity index (χ4n) is 2.87. The van der Waals surface area contributed by atoms with E-state index in [1.807, 2.05) is 25.1 Å². The molecule has 6 heteroatoms. The fourth-order valence-corrected chi connectivity index (χ4v) is 2.87. The van der Waals surface area contributed by atoms with Crippen LogP contribution < -0.4 is 10.6 Å². The van der Waals surface area contributed by atoms with Crippen LogP contribution in [0.4, 0.5) is 0 Å². The van der Waals surface area contributed by atoms with Crippen molar-refractivity contribution in [1.29, 1.82) is 0 Å². The third-order valence-corrected chi connectivity index (χ3v) is 3.98. The van der Waals surface area contributed by atoms with Crippen LogP contribution in [0.2, 0.25) is 0 Å². The van der Waals surface area contributed by atoms with E-state index in [9.17, 15) is 4.79 Å². The summed E-state index contributed by atoms with van der Waals surface area (Å²) in [7, 11) is 0. The molecule has 6 nitrogen and oxygen atoms in total. The Labute approximate surface area is 129 Å². The standard InChI is InChI=1S/C16H22N4O2/c1-3-20-14-7-5-4-6-12(14)19-15(20)11(2)18-16(21)13-10-22-9-8-17-13/h4-7,11,13,17H,3,8-10H2,1-2H3,(H,18,21)/t11-,13-/m1/s1. The predicted octanol–water partition coefficient (Wildman–Crippen LogP) is 1.22. The van der Waals surface area contributed by atoms with Crippen LogP contribution in [0.25, 0.3) is 11.0 Å². The number of morpholine rings is 1. The molecule has 0 spiro atoms. The molecule has 1 saturated heterocycles. The summed E-state index contributed by atoms with van der Waals surface area (Å²) < 4.78 is 7.48. The fraction of sp³-hybridized carbons (Fsp3) is 0.500. The monoisotopic (exact) mass is 302 g/mol. The van der Waals surface area contributed by atoms with Gasteiger partial charge in [0.15, 0.2) is 0 Å². The summed E-state index contributed by atoms with van der Waals surface area (Å²) in [6.07, 6.45) is 0. The zero-order valence-corrected chi connectivity index (χ0v) is 13.0. The van der Waals surface area contributed by atoms with Crippen LogP contribution in [0.5, 0.6) is 0 Å². The van der Waals surface area contributed by atoms with Gasteiger partial charge in [0.2, 0.25) is 5.91 Å². The van der Waals surface area contributed by atoms with Crippen LogP contribution in [0, 0.1) is 0 Å². The number of nitrogens with zero attached hydrogens (tertiary/aromatic N) is 2. The molecule has 118 valence electrons. The molecule has 1 aromatic carbocycles. The van der Waals surface area contributed by atoms with E-state index in [0.29, 0.717) is 19.8 Å². The molecule has 2 atom stereocenters. The normalized spacial score (nSPS) is 20.0. The van der Waals surface area contributed by atoms with Crippen molar-refractivity contribution in [2.24, 2.45) is 0 Å². The lowest BCUT2D eigenvalue weighted by molar-refractivity contribution is -0.126. The zero-order chi connectivity index (χ0) is 15.5. The van der Waals surface area contributed by atoms with Crippen LogP contribution in [0.1, 0.15) is 25.7 Å². The van der Waals surface area contributed by atoms with E-state index in [1.54, 1.807) is 0 Å². The first-order valence-corrected chi connectivity index (χ1v) is 7.77. The van der Waals surface area contributed by atoms with Crippen LogP contribution >= 0.6 is 0 Å². The Kier molecular flexibility index (Phi) is 4.40. The van der Waals surface area contributed by atoms with Gasteiger partial charge in [0.05, 0.1) is 30.3 Å². The number of aryl methyl sites for hydroxylation is 1. The van der Waals surface area contributed by atoms with Gasteiger partial charge in [-0.1, -0.05) is 12.1 Å². The maximum absolute atomic E-state index is 12.3. The Morgan fingerprint density at radius 3 is 3.09 bits per heavy atom. The molecule has 0 bridgehead atoms. The molecular formula is C16H22N4O2. The van der Waals surface area contributed by atoms with Crippen molar-refractivity contribution in [2.45, 2.75) is 32.5 Å². The number of aromatic nitrogens is 2. The van der Waals surface area contributed by atoms with Gasteiger partial charge in [-0.3, -0.25) is 4.79 Å². The number of para-hydroxylation sites is 2. The van der Waals surface area contributed by atoms with Crippen LogP contribution in [-0.2, 0) is 16.1 Å². The van der Waals surface area contributed by atoms with Crippen molar-refractivity contribution in [3.8, 4) is 0 Å². The van der Waals surface area contributed by atoms with Crippen LogP contribution in [0.3, 0.4) is 0 Å². The summed E-state index contributed by atoms with van der Waals surface area (Å²) >= 11 is 0. The first-order chi connectivity index (χ1) is 10.7. The van der Waals surface area contributed by atoms with Gasteiger partial charge in [-0.25, -0.2) is 4.98 Å². The highest BCUT2D eigenvalue weighted by molar-refractivity contribution is 5.82. The molecule has 2 aromatic rings. The number of nitrogens with one attached hydrogen (secondary N) is 2. The molecule has 1 aliphatic rings. The van der Waals surface area contributed by atoms with E-state index in [4.69, 9.17) is 4.74 Å². The number of rotatable bonds is 4. The minimum Gasteiger partial charge on any atom is -0.378 e. The number of benzene rings is 1. The number of amides is 1. The maximum Gasteiger partial charge on any atom is 0.240 e. The van der Waals surface area contributed by atoms with Gasteiger partial charge in [-0.2, -0.15) is 0 Å². The lowest BCUT2D eigenvalue weighted by Crippen LogP contribution is -2.51. The third kappa shape index (κ3) is 2.84. The average Bonchev–Trinajstić information content (AvgIpc) is 2.94. The highest BCUT2D eigenvalue weighted by Gasteiger charge is 2.24. The summed E-state index contributed by atoms with van der Waals surface area (Å²) in [5, 5.41) is 6.20. The summed E-state index contributed by atoms with van der Waals surface area (Å²) in [6, 6.07) is 7.61. The zero-order valence-electron chi connectivity index (χ0n) is 13.0. The van der Waals surface area contributed by atoms with E-state index in [-0.39, 0.29) is 18.0 Å². The molecule has 1 aromatic heterocycles. The second-order valence-corrected chi connectivity index (χ2v) is 5.51. The van der Waals surface area contributed by atoms with Crippen molar-refractivity contribution in [3.63, 3.8) is 0 Å². The third-order valence-electron chi connectivity index (χ3n) is 3.98. The number of carbonyl (C=O) groups excluding carboxylic acids is 1. The number of ether oxygens (including phenoxy) is 1. The Bertz CT molecular complexity index is 661. The largest absolute Gasteiger partial charge is 0.378 e. The second-order valence-electron chi connectivity index (χ2n) is 5.51. The van der Waals surface area contributed by atoms with E-state index in [2.05, 4.69) is 33.2 Å². The second kappa shape index (κ2) is 6.46. The Morgan fingerprint density at radius 2 is 2.36 bits per heavy atom. The molecule has 22 heavy (non-hydrogen) atoms. The van der Waals surface area contributed by atoms with E-state index < -0.39 is 0 Å². The van der Waals surface area contributed by atoms with E-state index in [1.165, 1.54) is 0 Å². The van der Waals surface area contributed by atoms with Gasteiger partial charge < -0.3 is 19.9 Å². The molecule has 1 aliphatic heterocycles. The summed E-state index contributed by atoms with van der Waals surface area (Å²) in [6.45, 7) is 6.66. The number of hydrogen-bond donors (Lipinski definition) is 2.